The molecule has 0 aromatic heterocycles. The molecule has 1 aromatic rings. The van der Waals surface area contributed by atoms with Gasteiger partial charge in [-0.3, -0.25) is 0 Å². The number of aliphatic hydroxyl groups is 1. The van der Waals surface area contributed by atoms with E-state index < -0.39 is 0 Å². The molecule has 0 radical (unpaired) electrons. The van der Waals surface area contributed by atoms with Crippen LogP contribution in [-0.2, 0) is 13.0 Å². The molecule has 1 heterocycles. The van der Waals surface area contributed by atoms with Crippen LogP contribution < -0.4 is 10.1 Å². The Morgan fingerprint density at radius 1 is 1.21 bits per heavy atom. The van der Waals surface area contributed by atoms with Crippen LogP contribution in [0.4, 0.5) is 0 Å². The zero-order valence-corrected chi connectivity index (χ0v) is 12.0. The minimum absolute atomic E-state index is 0.305. The van der Waals surface area contributed by atoms with Gasteiger partial charge in [-0.2, -0.15) is 0 Å². The van der Waals surface area contributed by atoms with Gasteiger partial charge in [-0.15, -0.1) is 0 Å². The molecule has 0 spiro atoms. The maximum atomic E-state index is 8.69. The molecule has 0 amide bonds. The summed E-state index contributed by atoms with van der Waals surface area (Å²) in [6.45, 7) is 2.87. The van der Waals surface area contributed by atoms with Crippen LogP contribution in [0.2, 0.25) is 5.02 Å². The Balaban J connectivity index is 1.74. The Morgan fingerprint density at radius 2 is 2.05 bits per heavy atom. The summed E-state index contributed by atoms with van der Waals surface area (Å²) in [5.74, 6) is 1.03. The molecular formula is C15H22ClNO2. The quantitative estimate of drug-likeness (QED) is 0.721. The summed E-state index contributed by atoms with van der Waals surface area (Å²) in [6, 6.07) is 3.99. The molecule has 106 valence electrons. The van der Waals surface area contributed by atoms with Crippen LogP contribution in [0.15, 0.2) is 12.1 Å². The van der Waals surface area contributed by atoms with Crippen molar-refractivity contribution in [3.8, 4) is 5.75 Å². The van der Waals surface area contributed by atoms with Crippen LogP contribution in [0.5, 0.6) is 5.75 Å². The molecule has 3 nitrogen and oxygen atoms in total. The van der Waals surface area contributed by atoms with E-state index in [4.69, 9.17) is 21.4 Å². The second-order valence-corrected chi connectivity index (χ2v) is 5.40. The van der Waals surface area contributed by atoms with Crippen molar-refractivity contribution in [3.05, 3.63) is 28.3 Å². The van der Waals surface area contributed by atoms with Gasteiger partial charge in [-0.25, -0.2) is 0 Å². The van der Waals surface area contributed by atoms with Crippen LogP contribution >= 0.6 is 11.6 Å². The summed E-state index contributed by atoms with van der Waals surface area (Å²) in [4.78, 5) is 0. The van der Waals surface area contributed by atoms with Crippen molar-refractivity contribution in [2.45, 2.75) is 38.6 Å². The minimum Gasteiger partial charge on any atom is -0.493 e. The first-order chi connectivity index (χ1) is 9.31. The molecule has 0 fully saturated rings. The van der Waals surface area contributed by atoms with E-state index in [-0.39, 0.29) is 0 Å². The second kappa shape index (κ2) is 7.73. The van der Waals surface area contributed by atoms with E-state index in [1.54, 1.807) is 0 Å². The number of hydrogen-bond donors (Lipinski definition) is 2. The van der Waals surface area contributed by atoms with E-state index in [1.165, 1.54) is 5.56 Å². The van der Waals surface area contributed by atoms with Crippen molar-refractivity contribution in [1.29, 1.82) is 0 Å². The molecule has 1 aliphatic heterocycles. The number of ether oxygens (including phenoxy) is 1. The normalized spacial score (nSPS) is 13.4. The number of unbranched alkanes of at least 4 members (excludes halogenated alkanes) is 3. The Kier molecular flexibility index (Phi) is 5.95. The van der Waals surface area contributed by atoms with Crippen molar-refractivity contribution in [1.82, 2.24) is 5.32 Å². The third-order valence-electron chi connectivity index (χ3n) is 3.40. The van der Waals surface area contributed by atoms with Gasteiger partial charge in [0.1, 0.15) is 5.75 Å². The first-order valence-electron chi connectivity index (χ1n) is 7.07. The van der Waals surface area contributed by atoms with E-state index in [9.17, 15) is 0 Å². The first kappa shape index (κ1) is 14.6. The molecule has 19 heavy (non-hydrogen) atoms. The van der Waals surface area contributed by atoms with E-state index in [0.717, 1.165) is 68.1 Å². The Bertz CT molecular complexity index is 409. The summed E-state index contributed by atoms with van der Waals surface area (Å²) in [5.41, 5.74) is 2.39. The van der Waals surface area contributed by atoms with Gasteiger partial charge in [0.05, 0.1) is 6.61 Å². The lowest BCUT2D eigenvalue weighted by molar-refractivity contribution is 0.282. The van der Waals surface area contributed by atoms with Crippen LogP contribution in [0, 0.1) is 0 Å². The van der Waals surface area contributed by atoms with Gasteiger partial charge in [0.2, 0.25) is 0 Å². The lowest BCUT2D eigenvalue weighted by Crippen LogP contribution is -2.15. The number of rotatable bonds is 8. The summed E-state index contributed by atoms with van der Waals surface area (Å²) in [5, 5.41) is 12.9. The van der Waals surface area contributed by atoms with Crippen molar-refractivity contribution in [2.75, 3.05) is 19.8 Å². The van der Waals surface area contributed by atoms with Gasteiger partial charge in [-0.1, -0.05) is 24.4 Å². The van der Waals surface area contributed by atoms with Crippen molar-refractivity contribution < 1.29 is 9.84 Å². The Morgan fingerprint density at radius 3 is 2.89 bits per heavy atom. The van der Waals surface area contributed by atoms with Gasteiger partial charge < -0.3 is 15.2 Å². The van der Waals surface area contributed by atoms with E-state index in [0.29, 0.717) is 6.61 Å². The van der Waals surface area contributed by atoms with E-state index >= 15 is 0 Å². The fourth-order valence-corrected chi connectivity index (χ4v) is 2.68. The smallest absolute Gasteiger partial charge is 0.127 e. The first-order valence-corrected chi connectivity index (χ1v) is 7.44. The summed E-state index contributed by atoms with van der Waals surface area (Å²) in [6.07, 6.45) is 5.29. The maximum Gasteiger partial charge on any atom is 0.127 e. The number of hydrogen-bond acceptors (Lipinski definition) is 3. The SMILES string of the molecule is OCCCCCCNCc1cc(Cl)cc2c1OCC2. The highest BCUT2D eigenvalue weighted by Gasteiger charge is 2.16. The Hall–Kier alpha value is -0.770. The maximum absolute atomic E-state index is 8.69. The average Bonchev–Trinajstić information content (AvgIpc) is 2.85. The lowest BCUT2D eigenvalue weighted by Gasteiger charge is -2.10. The molecule has 1 aliphatic rings. The molecule has 0 unspecified atom stereocenters. The fourth-order valence-electron chi connectivity index (χ4n) is 2.42. The summed E-state index contributed by atoms with van der Waals surface area (Å²) < 4.78 is 5.67. The molecule has 1 aromatic carbocycles. The van der Waals surface area contributed by atoms with Crippen LogP contribution in [0.1, 0.15) is 36.8 Å². The van der Waals surface area contributed by atoms with Crippen molar-refractivity contribution in [3.63, 3.8) is 0 Å². The monoisotopic (exact) mass is 283 g/mol. The van der Waals surface area contributed by atoms with Gasteiger partial charge in [0, 0.05) is 30.2 Å². The molecular weight excluding hydrogens is 262 g/mol. The zero-order valence-electron chi connectivity index (χ0n) is 11.3. The van der Waals surface area contributed by atoms with Crippen LogP contribution in [0.25, 0.3) is 0 Å². The molecule has 2 N–H and O–H groups in total. The van der Waals surface area contributed by atoms with Crippen molar-refractivity contribution >= 4 is 11.6 Å². The third kappa shape index (κ3) is 4.37. The number of fused-ring (bicyclic) bond motifs is 1. The van der Waals surface area contributed by atoms with E-state index in [1.807, 2.05) is 12.1 Å². The largest absolute Gasteiger partial charge is 0.493 e. The van der Waals surface area contributed by atoms with E-state index in [2.05, 4.69) is 5.32 Å². The average molecular weight is 284 g/mol. The second-order valence-electron chi connectivity index (χ2n) is 4.97. The predicted molar refractivity (Wildman–Crippen MR) is 77.9 cm³/mol. The number of aliphatic hydroxyl groups excluding tert-OH is 1. The molecule has 2 rings (SSSR count). The minimum atomic E-state index is 0.305. The standard InChI is InChI=1S/C15H22ClNO2/c16-14-9-12-5-8-19-15(12)13(10-14)11-17-6-3-1-2-4-7-18/h9-10,17-18H,1-8,11H2. The highest BCUT2D eigenvalue weighted by atomic mass is 35.5. The fraction of sp³-hybridized carbons (Fsp3) is 0.600. The summed E-state index contributed by atoms with van der Waals surface area (Å²) >= 11 is 6.12. The number of halogens is 1. The van der Waals surface area contributed by atoms with Gasteiger partial charge in [0.15, 0.2) is 0 Å². The van der Waals surface area contributed by atoms with Crippen molar-refractivity contribution in [2.24, 2.45) is 0 Å². The molecule has 0 saturated carbocycles. The van der Waals surface area contributed by atoms with Gasteiger partial charge in [0.25, 0.3) is 0 Å². The Labute approximate surface area is 119 Å². The topological polar surface area (TPSA) is 41.5 Å². The highest BCUT2D eigenvalue weighted by Crippen LogP contribution is 2.32. The summed E-state index contributed by atoms with van der Waals surface area (Å²) in [7, 11) is 0. The highest BCUT2D eigenvalue weighted by molar-refractivity contribution is 6.30. The predicted octanol–water partition coefficient (Wildman–Crippen LogP) is 2.92. The number of nitrogens with one attached hydrogen (secondary N) is 1. The zero-order chi connectivity index (χ0) is 13.5. The van der Waals surface area contributed by atoms with Gasteiger partial charge in [-0.05, 0) is 37.1 Å². The molecule has 0 atom stereocenters. The molecule has 0 aliphatic carbocycles. The number of benzene rings is 1. The third-order valence-corrected chi connectivity index (χ3v) is 3.62. The molecule has 0 saturated heterocycles. The molecule has 0 bridgehead atoms. The lowest BCUT2D eigenvalue weighted by atomic mass is 10.1. The molecule has 4 heteroatoms. The van der Waals surface area contributed by atoms with Crippen LogP contribution in [0.3, 0.4) is 0 Å². The van der Waals surface area contributed by atoms with Crippen LogP contribution in [-0.4, -0.2) is 24.9 Å². The van der Waals surface area contributed by atoms with Gasteiger partial charge >= 0.3 is 0 Å².